The number of aromatic amines is 1. The van der Waals surface area contributed by atoms with Gasteiger partial charge in [0.15, 0.2) is 0 Å². The fourth-order valence-electron chi connectivity index (χ4n) is 3.78. The van der Waals surface area contributed by atoms with Crippen LogP contribution in [0, 0.1) is 0 Å². The maximum absolute atomic E-state index is 12.4. The second kappa shape index (κ2) is 6.83. The molecular formula is C24H17ClN2O2. The second-order valence-electron chi connectivity index (χ2n) is 7.09. The van der Waals surface area contributed by atoms with Gasteiger partial charge in [-0.25, -0.2) is 0 Å². The zero-order chi connectivity index (χ0) is 20.0. The van der Waals surface area contributed by atoms with Gasteiger partial charge in [-0.1, -0.05) is 41.9 Å². The van der Waals surface area contributed by atoms with Crippen molar-refractivity contribution in [3.63, 3.8) is 0 Å². The number of hydrogen-bond acceptors (Lipinski definition) is 2. The third kappa shape index (κ3) is 3.18. The van der Waals surface area contributed by atoms with Crippen LogP contribution in [0.1, 0.15) is 5.56 Å². The van der Waals surface area contributed by atoms with Crippen molar-refractivity contribution >= 4 is 55.8 Å². The summed E-state index contributed by atoms with van der Waals surface area (Å²) in [5.74, 6) is -0.0939. The highest BCUT2D eigenvalue weighted by atomic mass is 35.5. The second-order valence-corrected chi connectivity index (χ2v) is 7.53. The van der Waals surface area contributed by atoms with Crippen LogP contribution in [0.5, 0.6) is 5.75 Å². The van der Waals surface area contributed by atoms with Crippen LogP contribution in [0.2, 0.25) is 5.02 Å². The van der Waals surface area contributed by atoms with Crippen LogP contribution in [-0.2, 0) is 11.2 Å². The highest BCUT2D eigenvalue weighted by Crippen LogP contribution is 2.34. The molecule has 0 saturated heterocycles. The number of hydrogen-bond donors (Lipinski definition) is 3. The molecule has 142 valence electrons. The first-order valence-electron chi connectivity index (χ1n) is 9.29. The third-order valence-electron chi connectivity index (χ3n) is 5.17. The van der Waals surface area contributed by atoms with Crippen molar-refractivity contribution in [1.82, 2.24) is 4.98 Å². The Balaban J connectivity index is 1.51. The number of carbonyl (C=O) groups is 1. The molecule has 29 heavy (non-hydrogen) atoms. The number of aromatic nitrogens is 1. The van der Waals surface area contributed by atoms with Gasteiger partial charge in [0, 0.05) is 37.9 Å². The predicted octanol–water partition coefficient (Wildman–Crippen LogP) is 6.01. The van der Waals surface area contributed by atoms with Crippen LogP contribution >= 0.6 is 11.6 Å². The topological polar surface area (TPSA) is 65.1 Å². The fourth-order valence-corrected chi connectivity index (χ4v) is 3.91. The predicted molar refractivity (Wildman–Crippen MR) is 119 cm³/mol. The van der Waals surface area contributed by atoms with Crippen molar-refractivity contribution in [1.29, 1.82) is 0 Å². The number of phenols is 1. The molecule has 0 bridgehead atoms. The van der Waals surface area contributed by atoms with E-state index in [-0.39, 0.29) is 18.1 Å². The van der Waals surface area contributed by atoms with E-state index in [1.54, 1.807) is 30.3 Å². The number of para-hydroxylation sites is 1. The molecule has 0 unspecified atom stereocenters. The number of fused-ring (bicyclic) bond motifs is 5. The minimum absolute atomic E-state index is 0.0785. The molecule has 0 aliphatic rings. The molecule has 0 atom stereocenters. The fraction of sp³-hybridized carbons (Fsp3) is 0.0417. The molecule has 5 rings (SSSR count). The summed E-state index contributed by atoms with van der Waals surface area (Å²) in [5.41, 5.74) is 3.29. The molecule has 5 heteroatoms. The Morgan fingerprint density at radius 1 is 0.931 bits per heavy atom. The standard InChI is InChI=1S/C24H17ClN2O2/c25-16-6-8-17(9-7-16)26-23(29)12-15-11-14-5-10-19-18-3-1-2-4-21(18)27-24(19)20(14)13-22(15)28/h1-11,13,27-28H,12H2,(H,26,29). The van der Waals surface area contributed by atoms with Gasteiger partial charge < -0.3 is 15.4 Å². The molecule has 3 N–H and O–H groups in total. The molecule has 4 nitrogen and oxygen atoms in total. The van der Waals surface area contributed by atoms with Crippen molar-refractivity contribution in [2.45, 2.75) is 6.42 Å². The molecule has 1 aromatic heterocycles. The molecule has 0 saturated carbocycles. The lowest BCUT2D eigenvalue weighted by molar-refractivity contribution is -0.115. The quantitative estimate of drug-likeness (QED) is 0.347. The average molecular weight is 401 g/mol. The van der Waals surface area contributed by atoms with E-state index < -0.39 is 0 Å². The molecule has 0 radical (unpaired) electrons. The number of phenolic OH excluding ortho intramolecular Hbond substituents is 1. The van der Waals surface area contributed by atoms with Crippen molar-refractivity contribution < 1.29 is 9.90 Å². The molecule has 0 aliphatic heterocycles. The Bertz CT molecular complexity index is 1390. The number of aromatic hydroxyl groups is 1. The molecular weight excluding hydrogens is 384 g/mol. The highest BCUT2D eigenvalue weighted by Gasteiger charge is 2.13. The van der Waals surface area contributed by atoms with Crippen LogP contribution in [0.15, 0.2) is 72.8 Å². The maximum atomic E-state index is 12.4. The molecule has 4 aromatic carbocycles. The number of amides is 1. The van der Waals surface area contributed by atoms with E-state index in [1.165, 1.54) is 0 Å². The zero-order valence-electron chi connectivity index (χ0n) is 15.4. The summed E-state index contributed by atoms with van der Waals surface area (Å²) in [7, 11) is 0. The molecule has 1 heterocycles. The summed E-state index contributed by atoms with van der Waals surface area (Å²) in [6.07, 6.45) is 0.0785. The van der Waals surface area contributed by atoms with Gasteiger partial charge in [0.2, 0.25) is 5.91 Å². The van der Waals surface area contributed by atoms with Crippen molar-refractivity contribution in [2.24, 2.45) is 0 Å². The van der Waals surface area contributed by atoms with E-state index in [4.69, 9.17) is 11.6 Å². The van der Waals surface area contributed by atoms with Crippen molar-refractivity contribution in [3.8, 4) is 5.75 Å². The SMILES string of the molecule is O=C(Cc1cc2ccc3c4ccccc4[nH]c3c2cc1O)Nc1ccc(Cl)cc1. The lowest BCUT2D eigenvalue weighted by atomic mass is 10.0. The molecule has 0 spiro atoms. The van der Waals surface area contributed by atoms with Crippen LogP contribution in [0.25, 0.3) is 32.6 Å². The summed E-state index contributed by atoms with van der Waals surface area (Å²) in [5, 5.41) is 18.2. The Labute approximate surface area is 171 Å². The summed E-state index contributed by atoms with van der Waals surface area (Å²) >= 11 is 5.87. The summed E-state index contributed by atoms with van der Waals surface area (Å²) in [6.45, 7) is 0. The minimum atomic E-state index is -0.200. The number of rotatable bonds is 3. The summed E-state index contributed by atoms with van der Waals surface area (Å²) in [4.78, 5) is 15.9. The highest BCUT2D eigenvalue weighted by molar-refractivity contribution is 6.30. The van der Waals surface area contributed by atoms with Gasteiger partial charge in [-0.2, -0.15) is 0 Å². The first-order chi connectivity index (χ1) is 14.1. The summed E-state index contributed by atoms with van der Waals surface area (Å²) in [6, 6.07) is 22.8. The van der Waals surface area contributed by atoms with Gasteiger partial charge in [0.25, 0.3) is 0 Å². The van der Waals surface area contributed by atoms with Crippen LogP contribution < -0.4 is 5.32 Å². The minimum Gasteiger partial charge on any atom is -0.508 e. The normalized spacial score (nSPS) is 11.3. The van der Waals surface area contributed by atoms with Gasteiger partial charge in [-0.3, -0.25) is 4.79 Å². The molecule has 5 aromatic rings. The van der Waals surface area contributed by atoms with Crippen molar-refractivity contribution in [2.75, 3.05) is 5.32 Å². The molecule has 0 aliphatic carbocycles. The van der Waals surface area contributed by atoms with Gasteiger partial charge in [0.1, 0.15) is 5.75 Å². The van der Waals surface area contributed by atoms with E-state index in [0.29, 0.717) is 16.3 Å². The number of H-pyrrole nitrogens is 1. The molecule has 0 fully saturated rings. The largest absolute Gasteiger partial charge is 0.508 e. The van der Waals surface area contributed by atoms with Crippen LogP contribution in [0.3, 0.4) is 0 Å². The van der Waals surface area contributed by atoms with Crippen LogP contribution in [-0.4, -0.2) is 16.0 Å². The number of benzene rings is 4. The van der Waals surface area contributed by atoms with Gasteiger partial charge in [0.05, 0.1) is 11.9 Å². The number of anilines is 1. The first kappa shape index (κ1) is 17.6. The maximum Gasteiger partial charge on any atom is 0.228 e. The average Bonchev–Trinajstić information content (AvgIpc) is 3.10. The Morgan fingerprint density at radius 3 is 2.55 bits per heavy atom. The van der Waals surface area contributed by atoms with E-state index in [2.05, 4.69) is 22.4 Å². The Kier molecular flexibility index (Phi) is 4.14. The van der Waals surface area contributed by atoms with E-state index in [9.17, 15) is 9.90 Å². The number of carbonyl (C=O) groups excluding carboxylic acids is 1. The van der Waals surface area contributed by atoms with Gasteiger partial charge in [-0.05, 0) is 47.9 Å². The lowest BCUT2D eigenvalue weighted by Crippen LogP contribution is -2.14. The van der Waals surface area contributed by atoms with Gasteiger partial charge in [-0.15, -0.1) is 0 Å². The van der Waals surface area contributed by atoms with Gasteiger partial charge >= 0.3 is 0 Å². The van der Waals surface area contributed by atoms with Crippen LogP contribution in [0.4, 0.5) is 5.69 Å². The van der Waals surface area contributed by atoms with E-state index in [0.717, 1.165) is 32.6 Å². The Hall–Kier alpha value is -3.50. The Morgan fingerprint density at radius 2 is 1.72 bits per heavy atom. The first-order valence-corrected chi connectivity index (χ1v) is 9.67. The lowest BCUT2D eigenvalue weighted by Gasteiger charge is -2.09. The molecule has 1 amide bonds. The zero-order valence-corrected chi connectivity index (χ0v) is 16.1. The number of halogens is 1. The number of nitrogens with one attached hydrogen (secondary N) is 2. The summed E-state index contributed by atoms with van der Waals surface area (Å²) < 4.78 is 0. The van der Waals surface area contributed by atoms with E-state index >= 15 is 0 Å². The van der Waals surface area contributed by atoms with E-state index in [1.807, 2.05) is 30.3 Å². The van der Waals surface area contributed by atoms with Crippen molar-refractivity contribution in [3.05, 3.63) is 83.4 Å². The monoisotopic (exact) mass is 400 g/mol. The smallest absolute Gasteiger partial charge is 0.228 e. The third-order valence-corrected chi connectivity index (χ3v) is 5.43.